The highest BCUT2D eigenvalue weighted by Gasteiger charge is 2.37. The highest BCUT2D eigenvalue weighted by molar-refractivity contribution is 5.96. The summed E-state index contributed by atoms with van der Waals surface area (Å²) in [4.78, 5) is 110. The van der Waals surface area contributed by atoms with Gasteiger partial charge in [0.2, 0.25) is 47.3 Å². The summed E-state index contributed by atoms with van der Waals surface area (Å²) < 4.78 is 0. The van der Waals surface area contributed by atoms with Crippen LogP contribution in [0.15, 0.2) is 12.5 Å². The van der Waals surface area contributed by atoms with Crippen LogP contribution in [0.2, 0.25) is 0 Å². The van der Waals surface area contributed by atoms with Crippen molar-refractivity contribution in [2.75, 3.05) is 13.1 Å². The third-order valence-electron chi connectivity index (χ3n) is 8.54. The molecule has 1 saturated heterocycles. The molecule has 0 spiro atoms. The van der Waals surface area contributed by atoms with Crippen molar-refractivity contribution in [3.8, 4) is 0 Å². The predicted molar refractivity (Wildman–Crippen MR) is 180 cm³/mol. The van der Waals surface area contributed by atoms with E-state index < -0.39 is 90.1 Å². The Hall–Kier alpha value is -5.03. The molecular weight excluding hydrogens is 652 g/mol. The van der Waals surface area contributed by atoms with Crippen molar-refractivity contribution in [1.82, 2.24) is 46.8 Å². The molecule has 0 unspecified atom stereocenters. The fourth-order valence-corrected chi connectivity index (χ4v) is 5.30. The lowest BCUT2D eigenvalue weighted by Gasteiger charge is -2.29. The van der Waals surface area contributed by atoms with Gasteiger partial charge < -0.3 is 47.5 Å². The van der Waals surface area contributed by atoms with Crippen molar-refractivity contribution in [1.29, 1.82) is 0 Å². The van der Waals surface area contributed by atoms with Crippen LogP contribution in [-0.2, 0) is 44.8 Å². The highest BCUT2D eigenvalue weighted by Crippen LogP contribution is 2.19. The first-order chi connectivity index (χ1) is 23.5. The molecule has 2 heterocycles. The van der Waals surface area contributed by atoms with Gasteiger partial charge in [-0.15, -0.1) is 0 Å². The van der Waals surface area contributed by atoms with Crippen LogP contribution in [-0.4, -0.2) is 111 Å². The molecule has 1 aliphatic heterocycles. The SMILES string of the molecule is CC[C@@H](C)[C@@H](NC(=O)[C@@H]1CCCN1C(=O)CNC(=O)[C@H](C)NC(=O)[C@H](Cc1cnc[nH]1)NC(=O)[C@@H](NC(C)=O)C(C)C)C(=O)N[C@H](C)C(N)=O. The van der Waals surface area contributed by atoms with Gasteiger partial charge in [0.15, 0.2) is 0 Å². The third-order valence-corrected chi connectivity index (χ3v) is 8.54. The molecule has 278 valence electrons. The van der Waals surface area contributed by atoms with E-state index in [1.165, 1.54) is 38.2 Å². The van der Waals surface area contributed by atoms with Crippen molar-refractivity contribution in [2.45, 2.75) is 110 Å². The lowest BCUT2D eigenvalue weighted by molar-refractivity contribution is -0.140. The number of nitrogens with one attached hydrogen (secondary N) is 7. The number of rotatable bonds is 18. The van der Waals surface area contributed by atoms with Crippen LogP contribution in [0, 0.1) is 11.8 Å². The summed E-state index contributed by atoms with van der Waals surface area (Å²) in [6, 6.07) is -5.97. The minimum atomic E-state index is -1.14. The number of H-pyrrole nitrogens is 1. The molecule has 18 heteroatoms. The number of hydrogen-bond acceptors (Lipinski definition) is 9. The van der Waals surface area contributed by atoms with Crippen molar-refractivity contribution in [3.63, 3.8) is 0 Å². The number of nitrogens with two attached hydrogens (primary N) is 1. The Balaban J connectivity index is 2.03. The Bertz CT molecular complexity index is 1380. The Morgan fingerprint density at radius 2 is 1.52 bits per heavy atom. The molecule has 0 saturated carbocycles. The molecule has 0 radical (unpaired) electrons. The van der Waals surface area contributed by atoms with E-state index in [2.05, 4.69) is 41.9 Å². The quantitative estimate of drug-likeness (QED) is 0.0818. The first-order valence-electron chi connectivity index (χ1n) is 16.8. The zero-order chi connectivity index (χ0) is 37.7. The van der Waals surface area contributed by atoms with E-state index in [0.717, 1.165) is 0 Å². The third kappa shape index (κ3) is 12.1. The Labute approximate surface area is 291 Å². The maximum absolute atomic E-state index is 13.3. The number of aromatic nitrogens is 2. The normalized spacial score (nSPS) is 17.7. The Morgan fingerprint density at radius 3 is 2.08 bits per heavy atom. The van der Waals surface area contributed by atoms with Crippen molar-refractivity contribution in [2.24, 2.45) is 17.6 Å². The first kappa shape index (κ1) is 41.1. The van der Waals surface area contributed by atoms with Crippen molar-refractivity contribution in [3.05, 3.63) is 18.2 Å². The minimum Gasteiger partial charge on any atom is -0.368 e. The van der Waals surface area contributed by atoms with Gasteiger partial charge in [0.1, 0.15) is 36.3 Å². The molecule has 1 fully saturated rings. The summed E-state index contributed by atoms with van der Waals surface area (Å²) in [6.45, 7) is 11.0. The summed E-state index contributed by atoms with van der Waals surface area (Å²) >= 11 is 0. The van der Waals surface area contributed by atoms with Gasteiger partial charge in [-0.1, -0.05) is 34.1 Å². The molecule has 9 N–H and O–H groups in total. The molecule has 8 amide bonds. The van der Waals surface area contributed by atoms with E-state index in [4.69, 9.17) is 5.73 Å². The van der Waals surface area contributed by atoms with Crippen molar-refractivity contribution >= 4 is 47.3 Å². The van der Waals surface area contributed by atoms with Gasteiger partial charge >= 0.3 is 0 Å². The summed E-state index contributed by atoms with van der Waals surface area (Å²) in [5, 5.41) is 15.5. The standard InChI is InChI=1S/C32H52N10O8/c1-8-17(4)26(32(50)37-18(5)27(33)45)41-30(48)23-10-9-11-42(23)24(44)14-35-28(46)19(6)38-29(47)22(12-21-13-34-15-36-21)40-31(49)25(16(2)3)39-20(7)43/h13,15-19,22-23,25-26H,8-12,14H2,1-7H3,(H2,33,45)(H,34,36)(H,35,46)(H,37,50)(H,38,47)(H,39,43)(H,40,49)(H,41,48)/t17-,18-,19+,22+,23+,25+,26-/m1/s1. The lowest BCUT2D eigenvalue weighted by Crippen LogP contribution is -2.58. The number of aromatic amines is 1. The fourth-order valence-electron chi connectivity index (χ4n) is 5.30. The maximum Gasteiger partial charge on any atom is 0.243 e. The summed E-state index contributed by atoms with van der Waals surface area (Å²) in [6.07, 6.45) is 4.31. The fraction of sp³-hybridized carbons (Fsp3) is 0.656. The van der Waals surface area contributed by atoms with Gasteiger partial charge in [-0.3, -0.25) is 38.4 Å². The number of primary amides is 1. The van der Waals surface area contributed by atoms with Crippen LogP contribution >= 0.6 is 0 Å². The van der Waals surface area contributed by atoms with Crippen LogP contribution in [0.5, 0.6) is 0 Å². The summed E-state index contributed by atoms with van der Waals surface area (Å²) in [5.41, 5.74) is 5.80. The summed E-state index contributed by atoms with van der Waals surface area (Å²) in [5.74, 6) is -5.32. The molecule has 7 atom stereocenters. The molecule has 1 aromatic rings. The molecular formula is C32H52N10O8. The van der Waals surface area contributed by atoms with E-state index in [9.17, 15) is 38.4 Å². The number of amides is 8. The van der Waals surface area contributed by atoms with Crippen LogP contribution in [0.25, 0.3) is 0 Å². The van der Waals surface area contributed by atoms with Crippen molar-refractivity contribution < 1.29 is 38.4 Å². The van der Waals surface area contributed by atoms with Gasteiger partial charge in [0.25, 0.3) is 0 Å². The number of hydrogen-bond donors (Lipinski definition) is 8. The first-order valence-corrected chi connectivity index (χ1v) is 16.8. The smallest absolute Gasteiger partial charge is 0.243 e. The van der Waals surface area contributed by atoms with E-state index in [-0.39, 0.29) is 24.8 Å². The van der Waals surface area contributed by atoms with E-state index >= 15 is 0 Å². The van der Waals surface area contributed by atoms with Gasteiger partial charge in [0.05, 0.1) is 12.9 Å². The minimum absolute atomic E-state index is 0.0113. The lowest BCUT2D eigenvalue weighted by atomic mass is 9.97. The number of carbonyl (C=O) groups is 8. The zero-order valence-corrected chi connectivity index (χ0v) is 29.8. The average molecular weight is 705 g/mol. The molecule has 0 aromatic carbocycles. The molecule has 2 rings (SSSR count). The number of carbonyl (C=O) groups excluding carboxylic acids is 8. The number of nitrogens with zero attached hydrogens (tertiary/aromatic N) is 2. The van der Waals surface area contributed by atoms with Crippen LogP contribution in [0.1, 0.15) is 73.4 Å². The second-order valence-corrected chi connectivity index (χ2v) is 13.0. The molecule has 0 bridgehead atoms. The molecule has 50 heavy (non-hydrogen) atoms. The number of imidazole rings is 1. The van der Waals surface area contributed by atoms with E-state index in [0.29, 0.717) is 25.0 Å². The van der Waals surface area contributed by atoms with Crippen LogP contribution in [0.3, 0.4) is 0 Å². The van der Waals surface area contributed by atoms with Gasteiger partial charge in [-0.05, 0) is 38.5 Å². The molecule has 1 aliphatic rings. The molecule has 18 nitrogen and oxygen atoms in total. The van der Waals surface area contributed by atoms with E-state index in [1.54, 1.807) is 20.8 Å². The topological polar surface area (TPSA) is 267 Å². The Morgan fingerprint density at radius 1 is 0.880 bits per heavy atom. The summed E-state index contributed by atoms with van der Waals surface area (Å²) in [7, 11) is 0. The second kappa shape index (κ2) is 19.2. The van der Waals surface area contributed by atoms with Gasteiger partial charge in [-0.25, -0.2) is 4.98 Å². The zero-order valence-electron chi connectivity index (χ0n) is 29.8. The molecule has 0 aliphatic carbocycles. The predicted octanol–water partition coefficient (Wildman–Crippen LogP) is -2.27. The monoisotopic (exact) mass is 704 g/mol. The van der Waals surface area contributed by atoms with E-state index in [1.807, 2.05) is 6.92 Å². The Kier molecular flexibility index (Phi) is 15.8. The molecule has 1 aromatic heterocycles. The highest BCUT2D eigenvalue weighted by atomic mass is 16.2. The second-order valence-electron chi connectivity index (χ2n) is 13.0. The maximum atomic E-state index is 13.3. The number of likely N-dealkylation sites (tertiary alicyclic amines) is 1. The van der Waals surface area contributed by atoms with Crippen LogP contribution < -0.4 is 37.6 Å². The largest absolute Gasteiger partial charge is 0.368 e. The average Bonchev–Trinajstić information content (AvgIpc) is 3.76. The van der Waals surface area contributed by atoms with Gasteiger partial charge in [0, 0.05) is 31.8 Å². The van der Waals surface area contributed by atoms with Crippen LogP contribution in [0.4, 0.5) is 0 Å². The van der Waals surface area contributed by atoms with Gasteiger partial charge in [-0.2, -0.15) is 0 Å².